The number of esters is 2. The van der Waals surface area contributed by atoms with Crippen LogP contribution in [0.4, 0.5) is 0 Å². The highest BCUT2D eigenvalue weighted by atomic mass is 16.5. The van der Waals surface area contributed by atoms with Gasteiger partial charge in [0.2, 0.25) is 0 Å². The molecule has 0 aliphatic heterocycles. The van der Waals surface area contributed by atoms with E-state index in [1.807, 2.05) is 41.3 Å². The zero-order valence-corrected chi connectivity index (χ0v) is 64.9. The van der Waals surface area contributed by atoms with Gasteiger partial charge in [0.15, 0.2) is 0 Å². The Hall–Kier alpha value is -2.28. The smallest absolute Gasteiger partial charge is 0.305 e. The maximum atomic E-state index is 12.2. The first-order valence-corrected chi connectivity index (χ1v) is 38.4. The summed E-state index contributed by atoms with van der Waals surface area (Å²) in [6, 6.07) is 0.653. The van der Waals surface area contributed by atoms with Crippen molar-refractivity contribution in [3.63, 3.8) is 0 Å². The number of aliphatic hydroxyl groups excluding tert-OH is 7. The molecular weight excluding hydrogens is 1220 g/mol. The van der Waals surface area contributed by atoms with Gasteiger partial charge in [0, 0.05) is 64.2 Å². The van der Waals surface area contributed by atoms with Crippen LogP contribution in [0.15, 0.2) is 0 Å². The van der Waals surface area contributed by atoms with Crippen molar-refractivity contribution in [2.75, 3.05) is 105 Å². The number of aliphatic hydroxyl groups is 7. The fourth-order valence-electron chi connectivity index (χ4n) is 10.5. The van der Waals surface area contributed by atoms with Crippen LogP contribution < -0.4 is 0 Å². The molecule has 0 radical (unpaired) electrons. The second-order valence-corrected chi connectivity index (χ2v) is 26.3. The van der Waals surface area contributed by atoms with Gasteiger partial charge in [-0.05, 0) is 140 Å². The first kappa shape index (κ1) is 105. The van der Waals surface area contributed by atoms with Crippen LogP contribution in [-0.2, 0) is 42.9 Å². The van der Waals surface area contributed by atoms with E-state index in [0.29, 0.717) is 64.6 Å². The van der Waals surface area contributed by atoms with Crippen LogP contribution in [0.3, 0.4) is 0 Å². The van der Waals surface area contributed by atoms with Gasteiger partial charge < -0.3 is 78.8 Å². The SMILES string of the molecule is C=O.C=O.CC(O)CCN(CCOCC(C)O)CCC(C)O.CCCCCCCCCCCCC(=O)OCCC(C)N(CCC)C(C)CCOC(=O)CCCCCCCCCCCC.CCCCCCN(C(C)OCCO)C(C)OCCO.CCN(CCC(C)O)CCC(C)O. The molecular formula is C76H160N4O16. The quantitative estimate of drug-likeness (QED) is 0.0169. The van der Waals surface area contributed by atoms with E-state index < -0.39 is 6.10 Å². The minimum absolute atomic E-state index is 0.0277. The molecule has 0 aromatic rings. The van der Waals surface area contributed by atoms with E-state index in [4.69, 9.17) is 58.8 Å². The lowest BCUT2D eigenvalue weighted by atomic mass is 10.1. The maximum absolute atomic E-state index is 12.2. The summed E-state index contributed by atoms with van der Waals surface area (Å²) in [4.78, 5) is 49.4. The summed E-state index contributed by atoms with van der Waals surface area (Å²) in [5, 5.41) is 63.5. The third-order valence-corrected chi connectivity index (χ3v) is 16.6. The molecule has 0 amide bonds. The van der Waals surface area contributed by atoms with Crippen LogP contribution in [0.2, 0.25) is 0 Å². The Balaban J connectivity index is -0.000000310. The Morgan fingerprint density at radius 1 is 0.344 bits per heavy atom. The number of carbonyl (C=O) groups excluding carboxylic acids is 4. The van der Waals surface area contributed by atoms with Crippen LogP contribution >= 0.6 is 0 Å². The number of ether oxygens (including phenoxy) is 5. The molecule has 580 valence electrons. The van der Waals surface area contributed by atoms with Crippen molar-refractivity contribution in [2.24, 2.45) is 0 Å². The third kappa shape index (κ3) is 82.4. The lowest BCUT2D eigenvalue weighted by molar-refractivity contribution is -0.147. The summed E-state index contributed by atoms with van der Waals surface area (Å²) in [7, 11) is 0. The van der Waals surface area contributed by atoms with Crippen LogP contribution in [0.5, 0.6) is 0 Å². The maximum Gasteiger partial charge on any atom is 0.305 e. The number of carbonyl (C=O) groups is 4. The van der Waals surface area contributed by atoms with Gasteiger partial charge in [0.1, 0.15) is 26.0 Å². The van der Waals surface area contributed by atoms with E-state index in [1.165, 1.54) is 122 Å². The van der Waals surface area contributed by atoms with Crippen molar-refractivity contribution in [1.82, 2.24) is 19.6 Å². The molecule has 0 bridgehead atoms. The molecule has 0 aliphatic rings. The molecule has 0 rings (SSSR count). The molecule has 0 aromatic carbocycles. The van der Waals surface area contributed by atoms with Gasteiger partial charge in [0.05, 0.1) is 83.4 Å². The van der Waals surface area contributed by atoms with Crippen LogP contribution in [-0.4, -0.2) is 241 Å². The van der Waals surface area contributed by atoms with Crippen LogP contribution in [0, 0.1) is 0 Å². The molecule has 0 saturated heterocycles. The number of hydrogen-bond acceptors (Lipinski definition) is 20. The predicted molar refractivity (Wildman–Crippen MR) is 396 cm³/mol. The Morgan fingerprint density at radius 2 is 0.667 bits per heavy atom. The average molecular weight is 1390 g/mol. The number of hydrogen-bond donors (Lipinski definition) is 7. The second-order valence-electron chi connectivity index (χ2n) is 26.3. The number of unbranched alkanes of at least 4 members (excludes halogenated alkanes) is 21. The van der Waals surface area contributed by atoms with Gasteiger partial charge in [-0.2, -0.15) is 0 Å². The van der Waals surface area contributed by atoms with Gasteiger partial charge in [-0.1, -0.05) is 169 Å². The molecule has 9 unspecified atom stereocenters. The van der Waals surface area contributed by atoms with Gasteiger partial charge >= 0.3 is 11.9 Å². The first-order chi connectivity index (χ1) is 46.1. The highest BCUT2D eigenvalue weighted by Crippen LogP contribution is 2.17. The highest BCUT2D eigenvalue weighted by molar-refractivity contribution is 5.69. The zero-order valence-electron chi connectivity index (χ0n) is 64.9. The predicted octanol–water partition coefficient (Wildman–Crippen LogP) is 13.3. The van der Waals surface area contributed by atoms with Crippen molar-refractivity contribution < 1.29 is 78.6 Å². The Bertz CT molecular complexity index is 1420. The number of nitrogens with zero attached hydrogens (tertiary/aromatic N) is 4. The lowest BCUT2D eigenvalue weighted by Gasteiger charge is -2.34. The van der Waals surface area contributed by atoms with Gasteiger partial charge in [0.25, 0.3) is 0 Å². The standard InChI is InChI=1S/C37H73NO4.C14H31NO4.C13H29NO4.C10H23NO2.2CH2O/c1-6-9-11-13-15-17-19-21-23-25-27-36(39)41-32-29-34(4)38(31-8-3)35(5)30-33-42-37(40)28-26-24-22-20-18-16-14-12-10-7-2;1-4-5-6-7-8-15(13(2)18-11-9-16)14(3)19-12-10-17;1-11(15)4-6-14(7-5-12(2)16)8-9-18-10-13(3)17;1-4-11(7-5-9(2)12)8-6-10(3)13;2*1-2/h34-35H,6-33H2,1-5H3;13-14,16-17H,4-12H2,1-3H3;11-13,15-17H,4-10H2,1-3H3;9-10,12-13H,4-8H2,1-3H3;2*1H2. The average Bonchev–Trinajstić information content (AvgIpc) is 1.67. The minimum atomic E-state index is -0.437. The topological polar surface area (TPSA) is 269 Å². The van der Waals surface area contributed by atoms with E-state index in [0.717, 1.165) is 129 Å². The second kappa shape index (κ2) is 83.4. The van der Waals surface area contributed by atoms with Gasteiger partial charge in [-0.25, -0.2) is 0 Å². The number of rotatable bonds is 63. The molecule has 0 spiro atoms. The molecule has 0 heterocycles. The van der Waals surface area contributed by atoms with Crippen molar-refractivity contribution in [2.45, 2.75) is 364 Å². The van der Waals surface area contributed by atoms with E-state index in [2.05, 4.69) is 68.1 Å². The molecule has 0 aromatic heterocycles. The lowest BCUT2D eigenvalue weighted by Crippen LogP contribution is -2.44. The molecule has 7 N–H and O–H groups in total. The Morgan fingerprint density at radius 3 is 0.969 bits per heavy atom. The van der Waals surface area contributed by atoms with E-state index in [9.17, 15) is 19.8 Å². The van der Waals surface area contributed by atoms with Crippen molar-refractivity contribution in [3.8, 4) is 0 Å². The van der Waals surface area contributed by atoms with Gasteiger partial charge in [-0.15, -0.1) is 0 Å². The zero-order chi connectivity index (χ0) is 73.8. The first-order valence-electron chi connectivity index (χ1n) is 38.4. The van der Waals surface area contributed by atoms with Crippen molar-refractivity contribution in [1.29, 1.82) is 0 Å². The molecule has 0 saturated carbocycles. The third-order valence-electron chi connectivity index (χ3n) is 16.6. The Kier molecular flexibility index (Phi) is 90.9. The fraction of sp³-hybridized carbons (Fsp3) is 0.947. The normalized spacial score (nSPS) is 14.0. The molecule has 0 fully saturated rings. The summed E-state index contributed by atoms with van der Waals surface area (Å²) in [6.07, 6.45) is 35.4. The van der Waals surface area contributed by atoms with E-state index >= 15 is 0 Å². The molecule has 96 heavy (non-hydrogen) atoms. The summed E-state index contributed by atoms with van der Waals surface area (Å²) in [5.41, 5.74) is 0. The minimum Gasteiger partial charge on any atom is -0.466 e. The largest absolute Gasteiger partial charge is 0.466 e. The molecule has 9 atom stereocenters. The van der Waals surface area contributed by atoms with Crippen LogP contribution in [0.1, 0.15) is 309 Å². The monoisotopic (exact) mass is 1390 g/mol. The highest BCUT2D eigenvalue weighted by Gasteiger charge is 2.22. The fourth-order valence-corrected chi connectivity index (χ4v) is 10.5. The summed E-state index contributed by atoms with van der Waals surface area (Å²) in [6.45, 7) is 41.9. The Labute approximate surface area is 590 Å². The summed E-state index contributed by atoms with van der Waals surface area (Å²) in [5.74, 6) is -0.0997. The molecule has 20 heteroatoms. The van der Waals surface area contributed by atoms with Crippen molar-refractivity contribution >= 4 is 25.5 Å². The van der Waals surface area contributed by atoms with Crippen molar-refractivity contribution in [3.05, 3.63) is 0 Å². The summed E-state index contributed by atoms with van der Waals surface area (Å²) < 4.78 is 27.6. The van der Waals surface area contributed by atoms with Crippen LogP contribution in [0.25, 0.3) is 0 Å². The molecule has 0 aliphatic carbocycles. The summed E-state index contributed by atoms with van der Waals surface area (Å²) >= 11 is 0. The van der Waals surface area contributed by atoms with E-state index in [-0.39, 0.29) is 62.0 Å². The van der Waals surface area contributed by atoms with Gasteiger partial charge in [-0.3, -0.25) is 19.4 Å². The molecule has 20 nitrogen and oxygen atoms in total. The van der Waals surface area contributed by atoms with E-state index in [1.54, 1.807) is 20.8 Å².